The smallest absolute Gasteiger partial charge is 0.0743 e. The SMILES string of the molecule is C#CC(C)(C)NCC(=C)CC. The average molecular weight is 151 g/mol. The third kappa shape index (κ3) is 4.64. The summed E-state index contributed by atoms with van der Waals surface area (Å²) in [5, 5.41) is 3.22. The lowest BCUT2D eigenvalue weighted by Crippen LogP contribution is -2.38. The van der Waals surface area contributed by atoms with E-state index in [1.54, 1.807) is 0 Å². The fourth-order valence-corrected chi connectivity index (χ4v) is 0.522. The van der Waals surface area contributed by atoms with Gasteiger partial charge in [-0.1, -0.05) is 25.0 Å². The molecule has 0 heterocycles. The highest BCUT2D eigenvalue weighted by molar-refractivity contribution is 5.09. The van der Waals surface area contributed by atoms with Crippen molar-refractivity contribution in [3.8, 4) is 12.3 Å². The van der Waals surface area contributed by atoms with Crippen molar-refractivity contribution in [2.24, 2.45) is 0 Å². The van der Waals surface area contributed by atoms with Gasteiger partial charge < -0.3 is 0 Å². The Morgan fingerprint density at radius 3 is 2.55 bits per heavy atom. The second-order valence-electron chi connectivity index (χ2n) is 3.23. The topological polar surface area (TPSA) is 12.0 Å². The predicted molar refractivity (Wildman–Crippen MR) is 50.3 cm³/mol. The molecule has 1 heteroatoms. The quantitative estimate of drug-likeness (QED) is 0.478. The fraction of sp³-hybridized carbons (Fsp3) is 0.600. The Kier molecular flexibility index (Phi) is 3.92. The number of terminal acetylenes is 1. The molecule has 0 aromatic rings. The molecule has 0 atom stereocenters. The van der Waals surface area contributed by atoms with Crippen LogP contribution >= 0.6 is 0 Å². The number of rotatable bonds is 4. The van der Waals surface area contributed by atoms with Crippen LogP contribution in [0.3, 0.4) is 0 Å². The molecule has 0 saturated carbocycles. The van der Waals surface area contributed by atoms with Gasteiger partial charge in [0.1, 0.15) is 0 Å². The molecule has 0 aliphatic carbocycles. The van der Waals surface area contributed by atoms with Crippen LogP contribution in [0.25, 0.3) is 0 Å². The summed E-state index contributed by atoms with van der Waals surface area (Å²) >= 11 is 0. The van der Waals surface area contributed by atoms with Crippen LogP contribution in [-0.2, 0) is 0 Å². The van der Waals surface area contributed by atoms with E-state index in [1.807, 2.05) is 13.8 Å². The molecule has 0 spiro atoms. The highest BCUT2D eigenvalue weighted by Gasteiger charge is 2.11. The second-order valence-corrected chi connectivity index (χ2v) is 3.23. The number of nitrogens with one attached hydrogen (secondary N) is 1. The molecule has 1 nitrogen and oxygen atoms in total. The lowest BCUT2D eigenvalue weighted by Gasteiger charge is -2.19. The zero-order chi connectivity index (χ0) is 8.91. The minimum Gasteiger partial charge on any atom is -0.298 e. The van der Waals surface area contributed by atoms with Gasteiger partial charge in [0.15, 0.2) is 0 Å². The summed E-state index contributed by atoms with van der Waals surface area (Å²) in [5.74, 6) is 2.67. The standard InChI is InChI=1S/C10H17N/c1-6-9(3)8-11-10(4,5)7-2/h2,11H,3,6,8H2,1,4-5H3. The van der Waals surface area contributed by atoms with E-state index < -0.39 is 0 Å². The van der Waals surface area contributed by atoms with Crippen molar-refractivity contribution in [3.05, 3.63) is 12.2 Å². The molecule has 1 N–H and O–H groups in total. The molecule has 0 aromatic carbocycles. The van der Waals surface area contributed by atoms with Crippen LogP contribution in [0.1, 0.15) is 27.2 Å². The fourth-order valence-electron chi connectivity index (χ4n) is 0.522. The summed E-state index contributed by atoms with van der Waals surface area (Å²) in [6.07, 6.45) is 6.30. The number of hydrogen-bond donors (Lipinski definition) is 1. The van der Waals surface area contributed by atoms with Gasteiger partial charge >= 0.3 is 0 Å². The molecule has 0 aliphatic heterocycles. The third-order valence-corrected chi connectivity index (χ3v) is 1.64. The van der Waals surface area contributed by atoms with Crippen molar-refractivity contribution in [1.29, 1.82) is 0 Å². The van der Waals surface area contributed by atoms with Crippen LogP contribution in [-0.4, -0.2) is 12.1 Å². The van der Waals surface area contributed by atoms with E-state index in [9.17, 15) is 0 Å². The second kappa shape index (κ2) is 4.20. The van der Waals surface area contributed by atoms with E-state index >= 15 is 0 Å². The molecule has 0 aromatic heterocycles. The molecule has 0 radical (unpaired) electrons. The molecule has 0 fully saturated rings. The molecule has 0 aliphatic rings. The zero-order valence-corrected chi connectivity index (χ0v) is 7.70. The Morgan fingerprint density at radius 1 is 1.64 bits per heavy atom. The first-order valence-electron chi connectivity index (χ1n) is 3.91. The van der Waals surface area contributed by atoms with Gasteiger partial charge in [0.2, 0.25) is 0 Å². The van der Waals surface area contributed by atoms with Crippen LogP contribution in [0.15, 0.2) is 12.2 Å². The summed E-state index contributed by atoms with van der Waals surface area (Å²) in [6.45, 7) is 10.7. The Labute approximate surface area is 69.9 Å². The zero-order valence-electron chi connectivity index (χ0n) is 7.70. The van der Waals surface area contributed by atoms with Gasteiger partial charge in [0.05, 0.1) is 5.54 Å². The molecule has 11 heavy (non-hydrogen) atoms. The predicted octanol–water partition coefficient (Wildman–Crippen LogP) is 1.95. The van der Waals surface area contributed by atoms with E-state index in [0.29, 0.717) is 0 Å². The first kappa shape index (κ1) is 10.3. The van der Waals surface area contributed by atoms with Crippen LogP contribution in [0.5, 0.6) is 0 Å². The van der Waals surface area contributed by atoms with Gasteiger partial charge in [-0.2, -0.15) is 0 Å². The number of hydrogen-bond acceptors (Lipinski definition) is 1. The van der Waals surface area contributed by atoms with Gasteiger partial charge in [0, 0.05) is 6.54 Å². The summed E-state index contributed by atoms with van der Waals surface area (Å²) in [4.78, 5) is 0. The van der Waals surface area contributed by atoms with Crippen molar-refractivity contribution in [2.75, 3.05) is 6.54 Å². The first-order valence-corrected chi connectivity index (χ1v) is 3.91. The van der Waals surface area contributed by atoms with Gasteiger partial charge in [0.25, 0.3) is 0 Å². The maximum atomic E-state index is 5.29. The Balaban J connectivity index is 3.72. The minimum atomic E-state index is -0.210. The average Bonchev–Trinajstić information content (AvgIpc) is 2.00. The normalized spacial score (nSPS) is 10.7. The molecule has 0 unspecified atom stereocenters. The third-order valence-electron chi connectivity index (χ3n) is 1.64. The van der Waals surface area contributed by atoms with Gasteiger partial charge in [-0.3, -0.25) is 5.32 Å². The molecule has 0 amide bonds. The van der Waals surface area contributed by atoms with E-state index in [2.05, 4.69) is 24.7 Å². The molecule has 0 rings (SSSR count). The lowest BCUT2D eigenvalue weighted by molar-refractivity contribution is 0.513. The maximum absolute atomic E-state index is 5.29. The summed E-state index contributed by atoms with van der Waals surface area (Å²) < 4.78 is 0. The molecule has 62 valence electrons. The molecular weight excluding hydrogens is 134 g/mol. The largest absolute Gasteiger partial charge is 0.298 e. The van der Waals surface area contributed by atoms with E-state index in [-0.39, 0.29) is 5.54 Å². The summed E-state index contributed by atoms with van der Waals surface area (Å²) in [7, 11) is 0. The monoisotopic (exact) mass is 151 g/mol. The van der Waals surface area contributed by atoms with E-state index in [1.165, 1.54) is 5.57 Å². The van der Waals surface area contributed by atoms with E-state index in [4.69, 9.17) is 6.42 Å². The van der Waals surface area contributed by atoms with Crippen LogP contribution in [0.4, 0.5) is 0 Å². The van der Waals surface area contributed by atoms with Crippen molar-refractivity contribution < 1.29 is 0 Å². The minimum absolute atomic E-state index is 0.210. The Hall–Kier alpha value is -0.740. The molecule has 0 bridgehead atoms. The van der Waals surface area contributed by atoms with Crippen molar-refractivity contribution >= 4 is 0 Å². The van der Waals surface area contributed by atoms with Crippen molar-refractivity contribution in [1.82, 2.24) is 5.32 Å². The Bertz CT molecular complexity index is 172. The Morgan fingerprint density at radius 2 is 2.18 bits per heavy atom. The highest BCUT2D eigenvalue weighted by Crippen LogP contribution is 2.01. The first-order chi connectivity index (χ1) is 5.02. The molecule has 0 saturated heterocycles. The van der Waals surface area contributed by atoms with Crippen LogP contribution < -0.4 is 5.32 Å². The maximum Gasteiger partial charge on any atom is 0.0743 e. The van der Waals surface area contributed by atoms with Gasteiger partial charge in [-0.15, -0.1) is 6.42 Å². The summed E-state index contributed by atoms with van der Waals surface area (Å²) in [5.41, 5.74) is 0.978. The lowest BCUT2D eigenvalue weighted by atomic mass is 10.1. The van der Waals surface area contributed by atoms with Gasteiger partial charge in [-0.25, -0.2) is 0 Å². The van der Waals surface area contributed by atoms with Crippen molar-refractivity contribution in [2.45, 2.75) is 32.7 Å². The highest BCUT2D eigenvalue weighted by atomic mass is 14.9. The van der Waals surface area contributed by atoms with Gasteiger partial charge in [-0.05, 0) is 20.3 Å². The molecular formula is C10H17N. The summed E-state index contributed by atoms with van der Waals surface area (Å²) in [6, 6.07) is 0. The van der Waals surface area contributed by atoms with E-state index in [0.717, 1.165) is 13.0 Å². The van der Waals surface area contributed by atoms with Crippen LogP contribution in [0.2, 0.25) is 0 Å². The van der Waals surface area contributed by atoms with Crippen LogP contribution in [0, 0.1) is 12.3 Å². The van der Waals surface area contributed by atoms with Crippen molar-refractivity contribution in [3.63, 3.8) is 0 Å².